The highest BCUT2D eigenvalue weighted by atomic mass is 16.2. The molecule has 1 aromatic carbocycles. The van der Waals surface area contributed by atoms with Gasteiger partial charge in [0.2, 0.25) is 0 Å². The molecule has 1 aromatic heterocycles. The van der Waals surface area contributed by atoms with E-state index in [4.69, 9.17) is 5.73 Å². The average Bonchev–Trinajstić information content (AvgIpc) is 2.68. The van der Waals surface area contributed by atoms with Crippen LogP contribution in [-0.4, -0.2) is 53.9 Å². The molecule has 3 rings (SSSR count). The van der Waals surface area contributed by atoms with Crippen LogP contribution in [0.4, 0.5) is 17.3 Å². The molecule has 0 aliphatic carbocycles. The van der Waals surface area contributed by atoms with Gasteiger partial charge in [0, 0.05) is 38.4 Å². The van der Waals surface area contributed by atoms with E-state index < -0.39 is 5.91 Å². The fraction of sp³-hybridized carbons (Fsp3) is 0.368. The molecule has 27 heavy (non-hydrogen) atoms. The third kappa shape index (κ3) is 4.33. The number of nitrogens with one attached hydrogen (secondary N) is 1. The van der Waals surface area contributed by atoms with Crippen molar-refractivity contribution in [1.82, 2.24) is 14.9 Å². The Kier molecular flexibility index (Phi) is 5.54. The molecule has 2 heterocycles. The smallest absolute Gasteiger partial charge is 0.271 e. The first-order valence-corrected chi connectivity index (χ1v) is 8.96. The van der Waals surface area contributed by atoms with Gasteiger partial charge in [-0.3, -0.25) is 9.59 Å². The molecule has 1 saturated heterocycles. The van der Waals surface area contributed by atoms with Crippen molar-refractivity contribution in [3.8, 4) is 0 Å². The van der Waals surface area contributed by atoms with Gasteiger partial charge in [0.25, 0.3) is 11.8 Å². The Balaban J connectivity index is 1.85. The molecule has 142 valence electrons. The maximum absolute atomic E-state index is 12.0. The van der Waals surface area contributed by atoms with Gasteiger partial charge in [-0.25, -0.2) is 9.97 Å². The lowest BCUT2D eigenvalue weighted by molar-refractivity contribution is 0.0827. The number of nitrogens with zero attached hydrogens (tertiary/aromatic N) is 4. The number of nitrogens with two attached hydrogens (primary N) is 1. The molecular weight excluding hydrogens is 344 g/mol. The predicted octanol–water partition coefficient (Wildman–Crippen LogP) is 2.01. The second-order valence-corrected chi connectivity index (χ2v) is 6.74. The maximum atomic E-state index is 12.0. The largest absolute Gasteiger partial charge is 0.364 e. The van der Waals surface area contributed by atoms with E-state index in [1.165, 1.54) is 11.3 Å². The number of benzene rings is 1. The van der Waals surface area contributed by atoms with Gasteiger partial charge >= 0.3 is 0 Å². The van der Waals surface area contributed by atoms with Crippen LogP contribution in [0, 0.1) is 0 Å². The summed E-state index contributed by atoms with van der Waals surface area (Å²) in [6, 6.07) is 6.96. The van der Waals surface area contributed by atoms with Gasteiger partial charge in [-0.05, 0) is 43.5 Å². The summed E-state index contributed by atoms with van der Waals surface area (Å²) in [5.41, 5.74) is 6.81. The Morgan fingerprint density at radius 1 is 1.11 bits per heavy atom. The highest BCUT2D eigenvalue weighted by molar-refractivity contribution is 5.97. The Morgan fingerprint density at radius 2 is 1.78 bits per heavy atom. The topological polar surface area (TPSA) is 104 Å². The summed E-state index contributed by atoms with van der Waals surface area (Å²) < 4.78 is 0. The van der Waals surface area contributed by atoms with Crippen molar-refractivity contribution in [2.45, 2.75) is 19.3 Å². The third-order valence-corrected chi connectivity index (χ3v) is 4.47. The number of hydrogen-bond acceptors (Lipinski definition) is 6. The van der Waals surface area contributed by atoms with Gasteiger partial charge in [-0.2, -0.15) is 0 Å². The molecule has 2 amide bonds. The van der Waals surface area contributed by atoms with Crippen molar-refractivity contribution in [2.75, 3.05) is 37.4 Å². The lowest BCUT2D eigenvalue weighted by Gasteiger charge is -2.27. The fourth-order valence-corrected chi connectivity index (χ4v) is 3.01. The predicted molar refractivity (Wildman–Crippen MR) is 104 cm³/mol. The van der Waals surface area contributed by atoms with Gasteiger partial charge in [-0.15, -0.1) is 0 Å². The first-order chi connectivity index (χ1) is 13.0. The summed E-state index contributed by atoms with van der Waals surface area (Å²) in [7, 11) is 3.41. The zero-order chi connectivity index (χ0) is 19.4. The zero-order valence-corrected chi connectivity index (χ0v) is 15.6. The van der Waals surface area contributed by atoms with Gasteiger partial charge in [0.1, 0.15) is 5.82 Å². The van der Waals surface area contributed by atoms with E-state index in [0.717, 1.165) is 31.7 Å². The summed E-state index contributed by atoms with van der Waals surface area (Å²) in [6.45, 7) is 1.84. The molecular formula is C19H24N6O2. The van der Waals surface area contributed by atoms with Crippen LogP contribution < -0.4 is 16.0 Å². The summed E-state index contributed by atoms with van der Waals surface area (Å²) >= 11 is 0. The minimum atomic E-state index is -0.644. The van der Waals surface area contributed by atoms with E-state index in [0.29, 0.717) is 17.1 Å². The van der Waals surface area contributed by atoms with Crippen LogP contribution in [0.15, 0.2) is 30.5 Å². The van der Waals surface area contributed by atoms with Crippen molar-refractivity contribution in [2.24, 2.45) is 5.73 Å². The molecule has 2 aromatic rings. The average molecular weight is 368 g/mol. The summed E-state index contributed by atoms with van der Waals surface area (Å²) in [5, 5.41) is 3.10. The second kappa shape index (κ2) is 8.03. The monoisotopic (exact) mass is 368 g/mol. The molecule has 8 heteroatoms. The number of piperidine rings is 1. The lowest BCUT2D eigenvalue weighted by Crippen LogP contribution is -2.31. The van der Waals surface area contributed by atoms with Gasteiger partial charge in [-0.1, -0.05) is 0 Å². The Bertz CT molecular complexity index is 829. The van der Waals surface area contributed by atoms with Crippen LogP contribution in [0.2, 0.25) is 0 Å². The maximum Gasteiger partial charge on any atom is 0.271 e. The Hall–Kier alpha value is -3.16. The molecule has 3 N–H and O–H groups in total. The normalized spacial score (nSPS) is 13.9. The molecule has 0 unspecified atom stereocenters. The molecule has 8 nitrogen and oxygen atoms in total. The zero-order valence-electron chi connectivity index (χ0n) is 15.6. The van der Waals surface area contributed by atoms with E-state index in [2.05, 4.69) is 20.2 Å². The molecule has 1 aliphatic heterocycles. The van der Waals surface area contributed by atoms with Crippen molar-refractivity contribution >= 4 is 29.1 Å². The molecule has 0 spiro atoms. The molecule has 0 saturated carbocycles. The number of amides is 2. The number of carbonyl (C=O) groups excluding carboxylic acids is 2. The Morgan fingerprint density at radius 3 is 2.37 bits per heavy atom. The van der Waals surface area contributed by atoms with Crippen molar-refractivity contribution in [3.63, 3.8) is 0 Å². The van der Waals surface area contributed by atoms with E-state index in [9.17, 15) is 9.59 Å². The third-order valence-electron chi connectivity index (χ3n) is 4.47. The van der Waals surface area contributed by atoms with Gasteiger partial charge in [0.05, 0.1) is 6.20 Å². The van der Waals surface area contributed by atoms with Crippen LogP contribution in [0.1, 0.15) is 40.1 Å². The number of rotatable bonds is 5. The lowest BCUT2D eigenvalue weighted by atomic mass is 10.1. The number of carbonyl (C=O) groups is 2. The highest BCUT2D eigenvalue weighted by Crippen LogP contribution is 2.23. The van der Waals surface area contributed by atoms with Crippen LogP contribution in [-0.2, 0) is 0 Å². The van der Waals surface area contributed by atoms with Crippen LogP contribution in [0.3, 0.4) is 0 Å². The Labute approximate surface area is 158 Å². The molecule has 0 radical (unpaired) electrons. The second-order valence-electron chi connectivity index (χ2n) is 6.74. The van der Waals surface area contributed by atoms with E-state index in [1.54, 1.807) is 44.6 Å². The van der Waals surface area contributed by atoms with Crippen LogP contribution in [0.25, 0.3) is 0 Å². The standard InChI is InChI=1S/C19H24N6O2/c1-24(2)19(27)13-6-8-14(9-7-13)22-18-16(17(20)26)21-12-15(23-18)25-10-4-3-5-11-25/h6-9,12H,3-5,10-11H2,1-2H3,(H2,20,26)(H,22,23). The van der Waals surface area contributed by atoms with Crippen molar-refractivity contribution in [1.29, 1.82) is 0 Å². The molecule has 0 atom stereocenters. The molecule has 1 aliphatic rings. The summed E-state index contributed by atoms with van der Waals surface area (Å²) in [6.07, 6.45) is 5.04. The highest BCUT2D eigenvalue weighted by Gasteiger charge is 2.18. The molecule has 0 bridgehead atoms. The van der Waals surface area contributed by atoms with Gasteiger partial charge < -0.3 is 20.9 Å². The first kappa shape index (κ1) is 18.6. The van der Waals surface area contributed by atoms with Crippen LogP contribution in [0.5, 0.6) is 0 Å². The quantitative estimate of drug-likeness (QED) is 0.836. The number of anilines is 3. The number of primary amides is 1. The molecule has 1 fully saturated rings. The number of aromatic nitrogens is 2. The summed E-state index contributed by atoms with van der Waals surface area (Å²) in [4.78, 5) is 36.2. The van der Waals surface area contributed by atoms with E-state index >= 15 is 0 Å². The number of hydrogen-bond donors (Lipinski definition) is 2. The first-order valence-electron chi connectivity index (χ1n) is 8.96. The summed E-state index contributed by atoms with van der Waals surface area (Å²) in [5.74, 6) is 0.319. The van der Waals surface area contributed by atoms with Crippen LogP contribution >= 0.6 is 0 Å². The minimum absolute atomic E-state index is 0.0775. The minimum Gasteiger partial charge on any atom is -0.364 e. The van der Waals surface area contributed by atoms with E-state index in [1.807, 2.05) is 0 Å². The van der Waals surface area contributed by atoms with Gasteiger partial charge in [0.15, 0.2) is 11.5 Å². The van der Waals surface area contributed by atoms with Crippen molar-refractivity contribution < 1.29 is 9.59 Å². The fourth-order valence-electron chi connectivity index (χ4n) is 3.01. The SMILES string of the molecule is CN(C)C(=O)c1ccc(Nc2nc(N3CCCCC3)cnc2C(N)=O)cc1. The van der Waals surface area contributed by atoms with E-state index in [-0.39, 0.29) is 11.6 Å². The van der Waals surface area contributed by atoms with Crippen molar-refractivity contribution in [3.05, 3.63) is 41.7 Å².